The average molecular weight is 528 g/mol. The van der Waals surface area contributed by atoms with Crippen LogP contribution in [0.1, 0.15) is 12.5 Å². The number of amides is 1. The molecular formula is C23H21Cl3N2O4S. The van der Waals surface area contributed by atoms with Crippen molar-refractivity contribution in [3.05, 3.63) is 87.4 Å². The average Bonchev–Trinajstić information content (AvgIpc) is 2.78. The van der Waals surface area contributed by atoms with Gasteiger partial charge in [-0.2, -0.15) is 4.72 Å². The predicted molar refractivity (Wildman–Crippen MR) is 132 cm³/mol. The molecule has 0 aliphatic rings. The number of carbonyl (C=O) groups excluding carboxylic acids is 1. The maximum absolute atomic E-state index is 13.1. The maximum Gasteiger partial charge on any atom is 0.242 e. The maximum atomic E-state index is 13.1. The third-order valence-corrected chi connectivity index (χ3v) is 7.20. The lowest BCUT2D eigenvalue weighted by molar-refractivity contribution is -0.117. The van der Waals surface area contributed by atoms with E-state index in [2.05, 4.69) is 10.0 Å². The number of sulfonamides is 1. The normalized spacial score (nSPS) is 12.2. The van der Waals surface area contributed by atoms with Gasteiger partial charge in [-0.1, -0.05) is 71.2 Å². The van der Waals surface area contributed by atoms with Crippen LogP contribution in [0, 0.1) is 0 Å². The molecule has 0 saturated carbocycles. The molecule has 1 unspecified atom stereocenters. The second-order valence-corrected chi connectivity index (χ2v) is 9.89. The molecule has 0 aromatic heterocycles. The summed E-state index contributed by atoms with van der Waals surface area (Å²) in [6, 6.07) is 16.8. The van der Waals surface area contributed by atoms with Gasteiger partial charge < -0.3 is 10.1 Å². The standard InChI is InChI=1S/C23H21Cl3N2O4S/c1-2-32-21-12-11-16(14-18(21)25)33(30,31)28-20(13-15-7-4-3-5-8-15)23(29)27-19-10-6-9-17(24)22(19)26/h3-12,14,20,28H,2,13H2,1H3,(H,27,29). The van der Waals surface area contributed by atoms with Gasteiger partial charge >= 0.3 is 0 Å². The first kappa shape index (κ1) is 25.3. The van der Waals surface area contributed by atoms with Crippen LogP contribution < -0.4 is 14.8 Å². The fourth-order valence-corrected chi connectivity index (χ4v) is 4.90. The highest BCUT2D eigenvalue weighted by atomic mass is 35.5. The lowest BCUT2D eigenvalue weighted by atomic mass is 10.1. The highest BCUT2D eigenvalue weighted by molar-refractivity contribution is 7.89. The fraction of sp³-hybridized carbons (Fsp3) is 0.174. The number of anilines is 1. The minimum Gasteiger partial charge on any atom is -0.492 e. The second-order valence-electron chi connectivity index (χ2n) is 6.98. The van der Waals surface area contributed by atoms with E-state index in [4.69, 9.17) is 39.5 Å². The summed E-state index contributed by atoms with van der Waals surface area (Å²) in [6.45, 7) is 2.18. The number of carbonyl (C=O) groups is 1. The van der Waals surface area contributed by atoms with Gasteiger partial charge in [0, 0.05) is 0 Å². The molecule has 3 aromatic carbocycles. The monoisotopic (exact) mass is 526 g/mol. The summed E-state index contributed by atoms with van der Waals surface area (Å²) < 4.78 is 34.0. The Bertz CT molecular complexity index is 1240. The third-order valence-electron chi connectivity index (χ3n) is 4.62. The van der Waals surface area contributed by atoms with Crippen molar-refractivity contribution in [1.29, 1.82) is 0 Å². The number of benzene rings is 3. The number of halogens is 3. The Kier molecular flexibility index (Phi) is 8.62. The Morgan fingerprint density at radius 3 is 2.36 bits per heavy atom. The predicted octanol–water partition coefficient (Wildman–Crippen LogP) is 5.57. The van der Waals surface area contributed by atoms with E-state index in [1.54, 1.807) is 49.4 Å². The van der Waals surface area contributed by atoms with E-state index in [9.17, 15) is 13.2 Å². The Morgan fingerprint density at radius 2 is 1.70 bits per heavy atom. The quantitative estimate of drug-likeness (QED) is 0.381. The molecule has 33 heavy (non-hydrogen) atoms. The zero-order valence-corrected chi connectivity index (χ0v) is 20.6. The van der Waals surface area contributed by atoms with Crippen molar-refractivity contribution in [3.8, 4) is 5.75 Å². The number of nitrogens with one attached hydrogen (secondary N) is 2. The Morgan fingerprint density at radius 1 is 0.970 bits per heavy atom. The molecule has 0 fully saturated rings. The third kappa shape index (κ3) is 6.62. The van der Waals surface area contributed by atoms with Crippen molar-refractivity contribution in [3.63, 3.8) is 0 Å². The van der Waals surface area contributed by atoms with Crippen LogP contribution in [0.3, 0.4) is 0 Å². The first-order valence-electron chi connectivity index (χ1n) is 9.94. The van der Waals surface area contributed by atoms with Crippen LogP contribution in [-0.4, -0.2) is 27.0 Å². The minimum atomic E-state index is -4.10. The molecule has 1 atom stereocenters. The van der Waals surface area contributed by atoms with Gasteiger partial charge in [-0.25, -0.2) is 8.42 Å². The van der Waals surface area contributed by atoms with Crippen molar-refractivity contribution in [2.24, 2.45) is 0 Å². The van der Waals surface area contributed by atoms with E-state index in [0.29, 0.717) is 12.4 Å². The lowest BCUT2D eigenvalue weighted by Crippen LogP contribution is -2.45. The van der Waals surface area contributed by atoms with Crippen molar-refractivity contribution in [2.75, 3.05) is 11.9 Å². The molecule has 10 heteroatoms. The van der Waals surface area contributed by atoms with Crippen LogP contribution in [0.2, 0.25) is 15.1 Å². The molecule has 0 saturated heterocycles. The van der Waals surface area contributed by atoms with E-state index in [0.717, 1.165) is 5.56 Å². The Labute approximate surface area is 207 Å². The number of ether oxygens (including phenoxy) is 1. The largest absolute Gasteiger partial charge is 0.492 e. The highest BCUT2D eigenvalue weighted by Gasteiger charge is 2.27. The van der Waals surface area contributed by atoms with E-state index >= 15 is 0 Å². The van der Waals surface area contributed by atoms with Crippen LogP contribution in [0.5, 0.6) is 5.75 Å². The van der Waals surface area contributed by atoms with E-state index in [-0.39, 0.29) is 32.1 Å². The molecular weight excluding hydrogens is 507 g/mol. The molecule has 174 valence electrons. The lowest BCUT2D eigenvalue weighted by Gasteiger charge is -2.20. The summed E-state index contributed by atoms with van der Waals surface area (Å²) in [7, 11) is -4.10. The fourth-order valence-electron chi connectivity index (χ4n) is 3.03. The number of hydrogen-bond donors (Lipinski definition) is 2. The van der Waals surface area contributed by atoms with Crippen molar-refractivity contribution in [2.45, 2.75) is 24.3 Å². The van der Waals surface area contributed by atoms with E-state index < -0.39 is 22.0 Å². The van der Waals surface area contributed by atoms with Crippen LogP contribution in [0.4, 0.5) is 5.69 Å². The summed E-state index contributed by atoms with van der Waals surface area (Å²) in [6.07, 6.45) is 0.106. The van der Waals surface area contributed by atoms with Gasteiger partial charge in [0.1, 0.15) is 11.8 Å². The smallest absolute Gasteiger partial charge is 0.242 e. The van der Waals surface area contributed by atoms with Crippen LogP contribution in [0.15, 0.2) is 71.6 Å². The molecule has 0 bridgehead atoms. The zero-order chi connectivity index (χ0) is 24.0. The summed E-state index contributed by atoms with van der Waals surface area (Å²) in [5.74, 6) is -0.226. The van der Waals surface area contributed by atoms with Gasteiger partial charge in [-0.05, 0) is 49.2 Å². The molecule has 3 rings (SSSR count). The topological polar surface area (TPSA) is 84.5 Å². The first-order chi connectivity index (χ1) is 15.7. The highest BCUT2D eigenvalue weighted by Crippen LogP contribution is 2.30. The summed E-state index contributed by atoms with van der Waals surface area (Å²) in [5, 5.41) is 3.22. The van der Waals surface area contributed by atoms with Crippen LogP contribution in [-0.2, 0) is 21.2 Å². The van der Waals surface area contributed by atoms with Crippen LogP contribution >= 0.6 is 34.8 Å². The van der Waals surface area contributed by atoms with Crippen LogP contribution in [0.25, 0.3) is 0 Å². The summed E-state index contributed by atoms with van der Waals surface area (Å²) in [4.78, 5) is 13.0. The first-order valence-corrected chi connectivity index (χ1v) is 12.6. The number of rotatable bonds is 9. The summed E-state index contributed by atoms with van der Waals surface area (Å²) >= 11 is 18.4. The molecule has 0 aliphatic carbocycles. The Hall–Kier alpha value is -2.29. The van der Waals surface area contributed by atoms with Crippen molar-refractivity contribution >= 4 is 56.4 Å². The van der Waals surface area contributed by atoms with Gasteiger partial charge in [-0.3, -0.25) is 4.79 Å². The molecule has 0 radical (unpaired) electrons. The van der Waals surface area contributed by atoms with Gasteiger partial charge in [0.2, 0.25) is 15.9 Å². The van der Waals surface area contributed by atoms with Crippen molar-refractivity contribution < 1.29 is 17.9 Å². The zero-order valence-electron chi connectivity index (χ0n) is 17.5. The van der Waals surface area contributed by atoms with Gasteiger partial charge in [-0.15, -0.1) is 0 Å². The van der Waals surface area contributed by atoms with Crippen molar-refractivity contribution in [1.82, 2.24) is 4.72 Å². The SMILES string of the molecule is CCOc1ccc(S(=O)(=O)NC(Cc2ccccc2)C(=O)Nc2cccc(Cl)c2Cl)cc1Cl. The molecule has 3 aromatic rings. The van der Waals surface area contributed by atoms with E-state index in [1.807, 2.05) is 6.07 Å². The van der Waals surface area contributed by atoms with Gasteiger partial charge in [0.25, 0.3) is 0 Å². The van der Waals surface area contributed by atoms with Gasteiger partial charge in [0.15, 0.2) is 0 Å². The number of hydrogen-bond acceptors (Lipinski definition) is 4. The molecule has 6 nitrogen and oxygen atoms in total. The summed E-state index contributed by atoms with van der Waals surface area (Å²) in [5.41, 5.74) is 1.04. The molecule has 2 N–H and O–H groups in total. The van der Waals surface area contributed by atoms with Gasteiger partial charge in [0.05, 0.1) is 32.3 Å². The molecule has 0 aliphatic heterocycles. The second kappa shape index (κ2) is 11.2. The van der Waals surface area contributed by atoms with E-state index in [1.165, 1.54) is 18.2 Å². The minimum absolute atomic E-state index is 0.0948. The molecule has 0 spiro atoms. The molecule has 1 amide bonds. The Balaban J connectivity index is 1.89. The molecule has 0 heterocycles.